The van der Waals surface area contributed by atoms with Gasteiger partial charge in [0.2, 0.25) is 5.91 Å². The van der Waals surface area contributed by atoms with Crippen LogP contribution in [0.3, 0.4) is 0 Å². The third-order valence-corrected chi connectivity index (χ3v) is 13.3. The second kappa shape index (κ2) is 11.8. The summed E-state index contributed by atoms with van der Waals surface area (Å²) in [5, 5.41) is 9.47. The van der Waals surface area contributed by atoms with Crippen LogP contribution in [-0.2, 0) is 9.59 Å². The number of rotatable bonds is 11. The van der Waals surface area contributed by atoms with Gasteiger partial charge >= 0.3 is 5.97 Å². The summed E-state index contributed by atoms with van der Waals surface area (Å²) in [5.74, 6) is 3.85. The van der Waals surface area contributed by atoms with Crippen LogP contribution < -0.4 is 11.5 Å². The van der Waals surface area contributed by atoms with Crippen molar-refractivity contribution in [2.75, 3.05) is 5.75 Å². The Morgan fingerprint density at radius 3 is 2.47 bits per heavy atom. The molecule has 1 amide bonds. The fraction of sp³-hybridized carbons (Fsp3) is 0.875. The zero-order valence-electron chi connectivity index (χ0n) is 24.6. The predicted octanol–water partition coefficient (Wildman–Crippen LogP) is 6.64. The molecule has 0 heterocycles. The number of primary amides is 1. The normalized spacial score (nSPS) is 38.9. The van der Waals surface area contributed by atoms with Crippen LogP contribution in [0.25, 0.3) is 0 Å². The molecule has 0 aliphatic heterocycles. The molecule has 0 bridgehead atoms. The van der Waals surface area contributed by atoms with Gasteiger partial charge in [0, 0.05) is 5.75 Å². The van der Waals surface area contributed by atoms with Crippen molar-refractivity contribution in [2.45, 2.75) is 117 Å². The molecule has 0 aromatic carbocycles. The number of carboxylic acids is 1. The highest BCUT2D eigenvalue weighted by Gasteiger charge is 2.59. The predicted molar refractivity (Wildman–Crippen MR) is 158 cm³/mol. The van der Waals surface area contributed by atoms with Crippen molar-refractivity contribution >= 4 is 23.6 Å². The highest BCUT2D eigenvalue weighted by atomic mass is 32.2. The van der Waals surface area contributed by atoms with Gasteiger partial charge in [0.05, 0.1) is 6.04 Å². The van der Waals surface area contributed by atoms with Gasteiger partial charge in [-0.2, -0.15) is 0 Å². The van der Waals surface area contributed by atoms with Gasteiger partial charge < -0.3 is 16.6 Å². The van der Waals surface area contributed by atoms with Gasteiger partial charge in [0.15, 0.2) is 0 Å². The molecule has 6 heteroatoms. The Morgan fingerprint density at radius 1 is 1.08 bits per heavy atom. The largest absolute Gasteiger partial charge is 0.480 e. The van der Waals surface area contributed by atoms with Crippen LogP contribution in [0.5, 0.6) is 0 Å². The average Bonchev–Trinajstić information content (AvgIpc) is 3.20. The summed E-state index contributed by atoms with van der Waals surface area (Å²) in [7, 11) is 0. The topological polar surface area (TPSA) is 106 Å². The molecule has 0 spiro atoms. The lowest BCUT2D eigenvalue weighted by atomic mass is 9.46. The first-order valence-corrected chi connectivity index (χ1v) is 16.5. The fourth-order valence-electron chi connectivity index (χ4n) is 9.67. The Bertz CT molecular complexity index is 905. The Balaban J connectivity index is 1.44. The zero-order valence-corrected chi connectivity index (χ0v) is 25.4. The molecule has 5 N–H and O–H groups in total. The number of allylic oxidation sites excluding steroid dienone is 2. The van der Waals surface area contributed by atoms with Crippen LogP contribution in [0.4, 0.5) is 0 Å². The Hall–Kier alpha value is -1.01. The highest BCUT2D eigenvalue weighted by Crippen LogP contribution is 2.67. The second-order valence-electron chi connectivity index (χ2n) is 14.4. The number of hydrogen-bond acceptors (Lipinski definition) is 4. The maximum atomic E-state index is 12.2. The van der Waals surface area contributed by atoms with Crippen LogP contribution in [0.15, 0.2) is 11.6 Å². The first-order chi connectivity index (χ1) is 17.9. The molecule has 216 valence electrons. The van der Waals surface area contributed by atoms with Gasteiger partial charge in [-0.1, -0.05) is 65.5 Å². The van der Waals surface area contributed by atoms with Crippen molar-refractivity contribution in [3.8, 4) is 0 Å². The summed E-state index contributed by atoms with van der Waals surface area (Å²) in [6.07, 6.45) is 16.2. The van der Waals surface area contributed by atoms with Crippen molar-refractivity contribution in [3.63, 3.8) is 0 Å². The van der Waals surface area contributed by atoms with Crippen LogP contribution in [-0.4, -0.2) is 34.0 Å². The molecule has 3 fully saturated rings. The fourth-order valence-corrected chi connectivity index (χ4v) is 10.9. The molecule has 5 unspecified atom stereocenters. The maximum Gasteiger partial charge on any atom is 0.316 e. The summed E-state index contributed by atoms with van der Waals surface area (Å²) in [5.41, 5.74) is 13.3. The minimum absolute atomic E-state index is 0.0878. The molecular weight excluding hydrogens is 492 g/mol. The van der Waals surface area contributed by atoms with Gasteiger partial charge in [-0.15, -0.1) is 11.8 Å². The van der Waals surface area contributed by atoms with Crippen LogP contribution >= 0.6 is 11.8 Å². The third-order valence-electron chi connectivity index (χ3n) is 11.8. The van der Waals surface area contributed by atoms with E-state index in [1.165, 1.54) is 68.7 Å². The van der Waals surface area contributed by atoms with Gasteiger partial charge in [-0.25, -0.2) is 0 Å². The van der Waals surface area contributed by atoms with Crippen LogP contribution in [0.1, 0.15) is 105 Å². The Kier molecular flexibility index (Phi) is 9.34. The van der Waals surface area contributed by atoms with E-state index in [1.54, 1.807) is 0 Å². The third kappa shape index (κ3) is 5.73. The molecule has 4 aliphatic carbocycles. The average molecular weight is 547 g/mol. The van der Waals surface area contributed by atoms with E-state index in [9.17, 15) is 14.7 Å². The maximum absolute atomic E-state index is 12.2. The summed E-state index contributed by atoms with van der Waals surface area (Å²) in [6.45, 7) is 12.4. The van der Waals surface area contributed by atoms with E-state index in [-0.39, 0.29) is 17.1 Å². The van der Waals surface area contributed by atoms with Crippen molar-refractivity contribution in [1.82, 2.24) is 0 Å². The molecular formula is C32H54N2O3S. The molecule has 4 rings (SSSR count). The summed E-state index contributed by atoms with van der Waals surface area (Å²) in [6, 6.07) is -0.796. The quantitative estimate of drug-likeness (QED) is 0.252. The van der Waals surface area contributed by atoms with E-state index in [4.69, 9.17) is 11.5 Å². The summed E-state index contributed by atoms with van der Waals surface area (Å²) in [4.78, 5) is 23.6. The van der Waals surface area contributed by atoms with E-state index >= 15 is 0 Å². The Labute approximate surface area is 235 Å². The smallest absolute Gasteiger partial charge is 0.316 e. The molecule has 0 saturated heterocycles. The second-order valence-corrected chi connectivity index (χ2v) is 15.6. The number of fused-ring (bicyclic) bond motifs is 5. The standard InChI is InChI=1S/C32H54N2O3S/c1-19(2)7-6-8-20(3)24-11-12-25-23-10-9-22-17-21(28(30(36)37)38-18-27(33)29(34)35)13-15-31(22,4)26(23)14-16-32(24,25)5/h9,19-21,23-28H,6-8,10-18,33H2,1-5H3,(H2,34,35)(H,36,37)/t20-,21?,23?,24-,25?,26?,27+,28?,31+,32-/m1/s1. The van der Waals surface area contributed by atoms with Crippen molar-refractivity contribution in [2.24, 2.45) is 63.7 Å². The number of carboxylic acid groups (broad SMARTS) is 1. The van der Waals surface area contributed by atoms with E-state index in [2.05, 4.69) is 40.7 Å². The summed E-state index contributed by atoms with van der Waals surface area (Å²) < 4.78 is 0. The highest BCUT2D eigenvalue weighted by molar-refractivity contribution is 8.00. The van der Waals surface area contributed by atoms with E-state index < -0.39 is 23.2 Å². The molecule has 5 nitrogen and oxygen atoms in total. The lowest BCUT2D eigenvalue weighted by Gasteiger charge is -2.59. The number of nitrogens with two attached hydrogens (primary N) is 2. The van der Waals surface area contributed by atoms with Crippen molar-refractivity contribution in [3.05, 3.63) is 11.6 Å². The number of aliphatic carboxylic acids is 1. The van der Waals surface area contributed by atoms with Crippen LogP contribution in [0.2, 0.25) is 0 Å². The molecule has 0 aromatic heterocycles. The van der Waals surface area contributed by atoms with Gasteiger partial charge in [0.25, 0.3) is 0 Å². The van der Waals surface area contributed by atoms with Gasteiger partial charge in [0.1, 0.15) is 5.25 Å². The zero-order chi connectivity index (χ0) is 27.8. The molecule has 4 aliphatic rings. The molecule has 10 atom stereocenters. The van der Waals surface area contributed by atoms with E-state index in [1.807, 2.05) is 0 Å². The van der Waals surface area contributed by atoms with Crippen LogP contribution in [0, 0.1) is 52.3 Å². The minimum atomic E-state index is -0.796. The first kappa shape index (κ1) is 30.0. The first-order valence-electron chi connectivity index (χ1n) is 15.5. The molecule has 3 saturated carbocycles. The van der Waals surface area contributed by atoms with Gasteiger partial charge in [-0.3, -0.25) is 9.59 Å². The Morgan fingerprint density at radius 2 is 1.82 bits per heavy atom. The van der Waals surface area contributed by atoms with E-state index in [0.29, 0.717) is 5.41 Å². The summed E-state index contributed by atoms with van der Waals surface area (Å²) >= 11 is 1.30. The lowest BCUT2D eigenvalue weighted by Crippen LogP contribution is -2.51. The van der Waals surface area contributed by atoms with Gasteiger partial charge in [-0.05, 0) is 104 Å². The molecule has 0 aromatic rings. The monoisotopic (exact) mass is 546 g/mol. The number of hydrogen-bond donors (Lipinski definition) is 3. The minimum Gasteiger partial charge on any atom is -0.480 e. The van der Waals surface area contributed by atoms with Crippen molar-refractivity contribution in [1.29, 1.82) is 0 Å². The number of carbonyl (C=O) groups is 2. The molecule has 0 radical (unpaired) electrons. The number of carbonyl (C=O) groups excluding carboxylic acids is 1. The number of thioether (sulfide) groups is 1. The SMILES string of the molecule is CC(C)CCC[C@@H](C)[C@H]1CCC2C3CC=C4CC(C(SC[C@H](N)C(N)=O)C(=O)O)CC[C@]4(C)C3CC[C@@]21C. The lowest BCUT2D eigenvalue weighted by molar-refractivity contribution is -0.137. The molecule has 38 heavy (non-hydrogen) atoms. The van der Waals surface area contributed by atoms with E-state index in [0.717, 1.165) is 54.8 Å². The number of amides is 1. The van der Waals surface area contributed by atoms with Crippen molar-refractivity contribution < 1.29 is 14.7 Å².